The van der Waals surface area contributed by atoms with Gasteiger partial charge in [-0.15, -0.1) is 0 Å². The number of benzene rings is 2. The summed E-state index contributed by atoms with van der Waals surface area (Å²) in [5, 5.41) is 1.03. The molecule has 4 aromatic rings. The fourth-order valence-corrected chi connectivity index (χ4v) is 7.81. The molecule has 2 aromatic heterocycles. The molecule has 0 radical (unpaired) electrons. The van der Waals surface area contributed by atoms with Gasteiger partial charge in [-0.25, -0.2) is 9.97 Å². The van der Waals surface area contributed by atoms with Crippen LogP contribution in [-0.2, 0) is 22.6 Å². The molecule has 0 N–H and O–H groups in total. The summed E-state index contributed by atoms with van der Waals surface area (Å²) in [6.45, 7) is 4.40. The normalized spacial score (nSPS) is 23.8. The maximum absolute atomic E-state index is 7.09. The smallest absolute Gasteiger partial charge is 0.237 e. The molecule has 4 unspecified atom stereocenters. The summed E-state index contributed by atoms with van der Waals surface area (Å²) in [5.74, 6) is 0.984. The fraction of sp³-hybridized carbons (Fsp3) is 0.412. The molecule has 6 heterocycles. The van der Waals surface area contributed by atoms with Crippen LogP contribution in [0.25, 0.3) is 33.6 Å². The molecule has 46 heavy (non-hydrogen) atoms. The van der Waals surface area contributed by atoms with Gasteiger partial charge in [0.15, 0.2) is 0 Å². The second kappa shape index (κ2) is 12.3. The van der Waals surface area contributed by atoms with E-state index < -0.39 is 0 Å². The molecule has 238 valence electrons. The molecule has 8 rings (SSSR count). The lowest BCUT2D eigenvalue weighted by Crippen LogP contribution is -2.63. The largest absolute Gasteiger partial charge is 0.480 e. The first kappa shape index (κ1) is 30.0. The summed E-state index contributed by atoms with van der Waals surface area (Å²) in [6, 6.07) is 13.4. The Kier molecular flexibility index (Phi) is 8.04. The van der Waals surface area contributed by atoms with E-state index in [0.29, 0.717) is 70.4 Å². The first-order valence-corrected chi connectivity index (χ1v) is 16.3. The molecular weight excluding hydrogens is 627 g/mol. The molecule has 0 aliphatic carbocycles. The van der Waals surface area contributed by atoms with Gasteiger partial charge in [0.05, 0.1) is 74.5 Å². The van der Waals surface area contributed by atoms with Crippen molar-refractivity contribution in [3.63, 3.8) is 0 Å². The third-order valence-corrected chi connectivity index (χ3v) is 10.5. The third-order valence-electron chi connectivity index (χ3n) is 9.72. The van der Waals surface area contributed by atoms with Gasteiger partial charge in [-0.2, -0.15) is 0 Å². The van der Waals surface area contributed by atoms with Crippen LogP contribution in [-0.4, -0.2) is 94.6 Å². The Bertz CT molecular complexity index is 1640. The summed E-state index contributed by atoms with van der Waals surface area (Å²) < 4.78 is 22.6. The topological polar surface area (TPSA) is 95.0 Å². The van der Waals surface area contributed by atoms with Crippen molar-refractivity contribution in [3.8, 4) is 45.4 Å². The minimum Gasteiger partial charge on any atom is -0.480 e. The number of morpholine rings is 2. The molecule has 12 heteroatoms. The molecule has 4 aliphatic rings. The highest BCUT2D eigenvalue weighted by molar-refractivity contribution is 6.39. The van der Waals surface area contributed by atoms with Gasteiger partial charge >= 0.3 is 0 Å². The van der Waals surface area contributed by atoms with E-state index in [2.05, 4.69) is 9.80 Å². The van der Waals surface area contributed by atoms with Crippen molar-refractivity contribution in [1.29, 1.82) is 0 Å². The van der Waals surface area contributed by atoms with Gasteiger partial charge in [0, 0.05) is 59.5 Å². The lowest BCUT2D eigenvalue weighted by Gasteiger charge is -2.52. The zero-order valence-electron chi connectivity index (χ0n) is 25.7. The summed E-state index contributed by atoms with van der Waals surface area (Å²) in [7, 11) is 3.24. The fourth-order valence-electron chi connectivity index (χ4n) is 7.16. The second-order valence-electron chi connectivity index (χ2n) is 12.3. The van der Waals surface area contributed by atoms with Crippen molar-refractivity contribution in [3.05, 3.63) is 70.2 Å². The number of fused-ring (bicyclic) bond motifs is 4. The molecule has 4 atom stereocenters. The second-order valence-corrected chi connectivity index (χ2v) is 13.0. The van der Waals surface area contributed by atoms with E-state index in [0.717, 1.165) is 60.1 Å². The summed E-state index contributed by atoms with van der Waals surface area (Å²) in [6.07, 6.45) is 5.86. The van der Waals surface area contributed by atoms with Gasteiger partial charge in [-0.3, -0.25) is 19.8 Å². The molecule has 4 saturated heterocycles. The lowest BCUT2D eigenvalue weighted by atomic mass is 9.91. The van der Waals surface area contributed by atoms with Crippen LogP contribution < -0.4 is 9.47 Å². The van der Waals surface area contributed by atoms with Crippen LogP contribution in [0.1, 0.15) is 24.2 Å². The van der Waals surface area contributed by atoms with Gasteiger partial charge in [0.25, 0.3) is 0 Å². The first-order valence-electron chi connectivity index (χ1n) is 15.6. The summed E-state index contributed by atoms with van der Waals surface area (Å²) in [4.78, 5) is 24.0. The summed E-state index contributed by atoms with van der Waals surface area (Å²) in [5.41, 5.74) is 5.86. The van der Waals surface area contributed by atoms with Gasteiger partial charge in [0.1, 0.15) is 11.4 Å². The number of hydrogen-bond acceptors (Lipinski definition) is 10. The average Bonchev–Trinajstić information content (AvgIpc) is 3.10. The predicted molar refractivity (Wildman–Crippen MR) is 174 cm³/mol. The van der Waals surface area contributed by atoms with Crippen molar-refractivity contribution in [1.82, 2.24) is 29.7 Å². The van der Waals surface area contributed by atoms with E-state index in [9.17, 15) is 0 Å². The quantitative estimate of drug-likeness (QED) is 0.228. The Balaban J connectivity index is 1.07. The molecule has 0 saturated carbocycles. The van der Waals surface area contributed by atoms with Crippen molar-refractivity contribution >= 4 is 23.2 Å². The molecule has 4 aliphatic heterocycles. The van der Waals surface area contributed by atoms with E-state index in [1.165, 1.54) is 12.8 Å². The van der Waals surface area contributed by atoms with Crippen LogP contribution in [0.15, 0.2) is 48.8 Å². The number of halogens is 2. The molecule has 4 fully saturated rings. The van der Waals surface area contributed by atoms with Gasteiger partial charge < -0.3 is 18.9 Å². The van der Waals surface area contributed by atoms with Crippen LogP contribution in [0.4, 0.5) is 0 Å². The number of nitrogens with zero attached hydrogens (tertiary/aromatic N) is 6. The number of aromatic nitrogens is 4. The summed E-state index contributed by atoms with van der Waals surface area (Å²) >= 11 is 14.2. The lowest BCUT2D eigenvalue weighted by molar-refractivity contribution is -0.132. The van der Waals surface area contributed by atoms with Gasteiger partial charge in [0.2, 0.25) is 11.8 Å². The third kappa shape index (κ3) is 5.21. The maximum atomic E-state index is 7.09. The maximum Gasteiger partial charge on any atom is 0.237 e. The Hall–Kier alpha value is -3.38. The van der Waals surface area contributed by atoms with Crippen LogP contribution in [0, 0.1) is 0 Å². The van der Waals surface area contributed by atoms with E-state index >= 15 is 0 Å². The molecule has 4 bridgehead atoms. The average molecular weight is 662 g/mol. The zero-order valence-corrected chi connectivity index (χ0v) is 27.2. The number of ether oxygens (including phenoxy) is 4. The van der Waals surface area contributed by atoms with Gasteiger partial charge in [-0.05, 0) is 12.8 Å². The molecule has 2 aromatic carbocycles. The van der Waals surface area contributed by atoms with E-state index in [-0.39, 0.29) is 0 Å². The molecule has 0 spiro atoms. The van der Waals surface area contributed by atoms with Crippen LogP contribution in [0.5, 0.6) is 11.8 Å². The van der Waals surface area contributed by atoms with Crippen LogP contribution in [0.2, 0.25) is 10.0 Å². The predicted octanol–water partition coefficient (Wildman–Crippen LogP) is 5.54. The monoisotopic (exact) mass is 660 g/mol. The minimum absolute atomic E-state index is 0.433. The highest BCUT2D eigenvalue weighted by Crippen LogP contribution is 2.43. The van der Waals surface area contributed by atoms with E-state index in [4.69, 9.17) is 62.1 Å². The Morgan fingerprint density at radius 1 is 0.652 bits per heavy atom. The van der Waals surface area contributed by atoms with Gasteiger partial charge in [-0.1, -0.05) is 59.6 Å². The van der Waals surface area contributed by atoms with Crippen LogP contribution in [0.3, 0.4) is 0 Å². The van der Waals surface area contributed by atoms with Crippen molar-refractivity contribution in [2.75, 3.05) is 40.6 Å². The standard InChI is InChI=1S/C34H34Cl2N6O4/c1-43-33-29(13-41-19-9-20(41)16-45-15-19)37-11-27(39-33)25-7-3-5-23(31(25)35)24-6-4-8-26(32(24)36)28-12-38-30(34(40-28)44-2)14-42-21-10-22(42)18-46-17-21/h3-8,11-12,19-22H,9-10,13-18H2,1-2H3. The number of hydrogen-bond donors (Lipinski definition) is 0. The molecule has 0 amide bonds. The highest BCUT2D eigenvalue weighted by atomic mass is 35.5. The molecular formula is C34H34Cl2N6O4. The zero-order chi connectivity index (χ0) is 31.4. The number of rotatable bonds is 9. The Morgan fingerprint density at radius 2 is 1.04 bits per heavy atom. The first-order chi connectivity index (χ1) is 22.5. The van der Waals surface area contributed by atoms with E-state index in [1.54, 1.807) is 26.6 Å². The SMILES string of the molecule is COc1nc(-c2cccc(-c3cccc(-c4cnc(CN5C6COCC5C6)c(OC)n4)c3Cl)c2Cl)cnc1CN1C2COCC1C2. The Labute approximate surface area is 277 Å². The minimum atomic E-state index is 0.433. The highest BCUT2D eigenvalue weighted by Gasteiger charge is 2.43. The Morgan fingerprint density at radius 3 is 1.41 bits per heavy atom. The van der Waals surface area contributed by atoms with Crippen LogP contribution >= 0.6 is 23.2 Å². The van der Waals surface area contributed by atoms with Crippen molar-refractivity contribution in [2.45, 2.75) is 50.1 Å². The van der Waals surface area contributed by atoms with Crippen molar-refractivity contribution < 1.29 is 18.9 Å². The van der Waals surface area contributed by atoms with Crippen molar-refractivity contribution in [2.24, 2.45) is 0 Å². The van der Waals surface area contributed by atoms with E-state index in [1.807, 2.05) is 36.4 Å². The number of methoxy groups -OCH3 is 2. The molecule has 10 nitrogen and oxygen atoms in total.